The van der Waals surface area contributed by atoms with Crippen LogP contribution >= 0.6 is 11.6 Å². The largest absolute Gasteiger partial charge is 0.487 e. The van der Waals surface area contributed by atoms with Crippen LogP contribution in [-0.4, -0.2) is 33.6 Å². The van der Waals surface area contributed by atoms with Crippen molar-refractivity contribution in [2.24, 2.45) is 0 Å². The fourth-order valence-electron chi connectivity index (χ4n) is 3.48. The molecule has 4 aromatic rings. The molecule has 0 saturated carbocycles. The Morgan fingerprint density at radius 1 is 1.18 bits per heavy atom. The van der Waals surface area contributed by atoms with Crippen LogP contribution in [0.4, 0.5) is 8.78 Å². The lowest BCUT2D eigenvalue weighted by Crippen LogP contribution is -2.23. The first-order valence-electron chi connectivity index (χ1n) is 9.94. The number of benzene rings is 2. The van der Waals surface area contributed by atoms with Crippen molar-refractivity contribution < 1.29 is 18.3 Å². The number of pyridine rings is 1. The van der Waals surface area contributed by atoms with Gasteiger partial charge >= 0.3 is 0 Å². The van der Waals surface area contributed by atoms with Crippen molar-refractivity contribution in [2.75, 3.05) is 13.6 Å². The highest BCUT2D eigenvalue weighted by Crippen LogP contribution is 2.26. The van der Waals surface area contributed by atoms with Crippen LogP contribution in [0.2, 0.25) is 5.02 Å². The molecule has 0 unspecified atom stereocenters. The molecule has 4 rings (SSSR count). The number of halogens is 3. The predicted octanol–water partition coefficient (Wildman–Crippen LogP) is 3.87. The number of rotatable bonds is 6. The summed E-state index contributed by atoms with van der Waals surface area (Å²) >= 11 is 6.27. The van der Waals surface area contributed by atoms with E-state index in [0.29, 0.717) is 22.4 Å². The third-order valence-electron chi connectivity index (χ3n) is 5.08. The first-order valence-corrected chi connectivity index (χ1v) is 10.3. The molecule has 2 aromatic heterocycles. The lowest BCUT2D eigenvalue weighted by atomic mass is 10.2. The SMILES string of the molecule is CNCC(=O)n1cnc2cc(-n3c(C)cc(OCc4ccc(F)cc4F)c(Cl)c3=O)ccc21. The summed E-state index contributed by atoms with van der Waals surface area (Å²) in [6, 6.07) is 9.77. The lowest BCUT2D eigenvalue weighted by Gasteiger charge is -2.15. The van der Waals surface area contributed by atoms with Crippen LogP contribution in [0.5, 0.6) is 5.75 Å². The number of ether oxygens (including phenoxy) is 1. The minimum Gasteiger partial charge on any atom is -0.487 e. The van der Waals surface area contributed by atoms with Gasteiger partial charge in [-0.1, -0.05) is 11.6 Å². The van der Waals surface area contributed by atoms with Gasteiger partial charge in [0.25, 0.3) is 5.56 Å². The van der Waals surface area contributed by atoms with Crippen LogP contribution in [0.1, 0.15) is 16.1 Å². The van der Waals surface area contributed by atoms with Crippen LogP contribution in [0.3, 0.4) is 0 Å². The topological polar surface area (TPSA) is 78.2 Å². The summed E-state index contributed by atoms with van der Waals surface area (Å²) in [6.45, 7) is 1.63. The Morgan fingerprint density at radius 2 is 1.97 bits per heavy atom. The highest BCUT2D eigenvalue weighted by atomic mass is 35.5. The van der Waals surface area contributed by atoms with E-state index in [1.165, 1.54) is 21.5 Å². The predicted molar refractivity (Wildman–Crippen MR) is 120 cm³/mol. The second-order valence-corrected chi connectivity index (χ2v) is 7.72. The van der Waals surface area contributed by atoms with E-state index in [9.17, 15) is 18.4 Å². The lowest BCUT2D eigenvalue weighted by molar-refractivity contribution is 0.0919. The molecule has 0 bridgehead atoms. The van der Waals surface area contributed by atoms with E-state index in [1.807, 2.05) is 0 Å². The number of hydrogen-bond donors (Lipinski definition) is 1. The standard InChI is InChI=1S/C23H19ClF2N4O3/c1-13-7-20(33-11-14-3-4-15(25)8-17(14)26)22(24)23(32)30(13)16-5-6-19-18(9-16)28-12-29(19)21(31)10-27-2/h3-9,12,27H,10-11H2,1-2H3. The molecule has 1 N–H and O–H groups in total. The van der Waals surface area contributed by atoms with E-state index in [2.05, 4.69) is 10.3 Å². The maximum absolute atomic E-state index is 13.9. The Bertz CT molecular complexity index is 1430. The maximum atomic E-state index is 13.9. The molecule has 0 saturated heterocycles. The van der Waals surface area contributed by atoms with Crippen molar-refractivity contribution >= 4 is 28.5 Å². The van der Waals surface area contributed by atoms with Crippen molar-refractivity contribution in [2.45, 2.75) is 13.5 Å². The summed E-state index contributed by atoms with van der Waals surface area (Å²) in [5.74, 6) is -1.52. The average Bonchev–Trinajstić information content (AvgIpc) is 3.20. The van der Waals surface area contributed by atoms with Gasteiger partial charge in [0.2, 0.25) is 5.91 Å². The number of fused-ring (bicyclic) bond motifs is 1. The number of aromatic nitrogens is 3. The summed E-state index contributed by atoms with van der Waals surface area (Å²) in [7, 11) is 1.68. The normalized spacial score (nSPS) is 11.2. The van der Waals surface area contributed by atoms with E-state index in [0.717, 1.165) is 12.1 Å². The molecule has 10 heteroatoms. The molecule has 7 nitrogen and oxygen atoms in total. The number of likely N-dealkylation sites (N-methyl/N-ethyl adjacent to an activating group) is 1. The minimum atomic E-state index is -0.753. The Morgan fingerprint density at radius 3 is 2.70 bits per heavy atom. The summed E-state index contributed by atoms with van der Waals surface area (Å²) in [4.78, 5) is 29.5. The second kappa shape index (κ2) is 9.13. The third kappa shape index (κ3) is 4.37. The molecule has 2 aromatic carbocycles. The van der Waals surface area contributed by atoms with Crippen LogP contribution in [0.25, 0.3) is 16.7 Å². The number of carbonyl (C=O) groups excluding carboxylic acids is 1. The van der Waals surface area contributed by atoms with Crippen molar-refractivity contribution in [3.8, 4) is 11.4 Å². The number of nitrogens with zero attached hydrogens (tertiary/aromatic N) is 3. The maximum Gasteiger partial charge on any atom is 0.277 e. The number of nitrogens with one attached hydrogen (secondary N) is 1. The van der Waals surface area contributed by atoms with Gasteiger partial charge in [-0.3, -0.25) is 18.7 Å². The van der Waals surface area contributed by atoms with Crippen molar-refractivity contribution in [3.63, 3.8) is 0 Å². The molecule has 0 aliphatic rings. The molecule has 0 spiro atoms. The number of hydrogen-bond acceptors (Lipinski definition) is 5. The molecular weight excluding hydrogens is 454 g/mol. The van der Waals surface area contributed by atoms with Gasteiger partial charge in [0.15, 0.2) is 0 Å². The molecule has 0 fully saturated rings. The van der Waals surface area contributed by atoms with E-state index in [-0.39, 0.29) is 35.4 Å². The Kier molecular flexibility index (Phi) is 6.26. The minimum absolute atomic E-state index is 0.0853. The van der Waals surface area contributed by atoms with Gasteiger partial charge < -0.3 is 10.1 Å². The fraction of sp³-hybridized carbons (Fsp3) is 0.174. The smallest absolute Gasteiger partial charge is 0.277 e. The van der Waals surface area contributed by atoms with E-state index < -0.39 is 17.2 Å². The highest BCUT2D eigenvalue weighted by Gasteiger charge is 2.16. The van der Waals surface area contributed by atoms with Gasteiger partial charge in [-0.05, 0) is 44.3 Å². The Hall–Kier alpha value is -3.56. The van der Waals surface area contributed by atoms with E-state index >= 15 is 0 Å². The number of carbonyl (C=O) groups is 1. The molecule has 0 aliphatic carbocycles. The van der Waals surface area contributed by atoms with Crippen molar-refractivity contribution in [1.82, 2.24) is 19.4 Å². The van der Waals surface area contributed by atoms with Gasteiger partial charge in [0.1, 0.15) is 35.3 Å². The Labute approximate surface area is 192 Å². The molecule has 0 atom stereocenters. The van der Waals surface area contributed by atoms with Crippen LogP contribution in [0, 0.1) is 18.6 Å². The van der Waals surface area contributed by atoms with Crippen LogP contribution in [-0.2, 0) is 6.61 Å². The quantitative estimate of drug-likeness (QED) is 0.461. The number of aryl methyl sites for hydroxylation is 1. The first kappa shape index (κ1) is 22.6. The summed E-state index contributed by atoms with van der Waals surface area (Å²) in [5.41, 5.74) is 1.77. The van der Waals surface area contributed by atoms with Crippen LogP contribution < -0.4 is 15.6 Å². The molecule has 170 valence electrons. The fourth-order valence-corrected chi connectivity index (χ4v) is 3.67. The molecule has 0 aliphatic heterocycles. The summed E-state index contributed by atoms with van der Waals surface area (Å²) in [6.07, 6.45) is 1.43. The van der Waals surface area contributed by atoms with Gasteiger partial charge in [-0.15, -0.1) is 0 Å². The average molecular weight is 473 g/mol. The first-order chi connectivity index (χ1) is 15.8. The van der Waals surface area contributed by atoms with Gasteiger partial charge in [-0.2, -0.15) is 0 Å². The number of imidazole rings is 1. The molecule has 0 amide bonds. The van der Waals surface area contributed by atoms with Gasteiger partial charge in [0.05, 0.1) is 23.3 Å². The van der Waals surface area contributed by atoms with E-state index in [4.69, 9.17) is 16.3 Å². The molecular formula is C23H19ClF2N4O3. The monoisotopic (exact) mass is 472 g/mol. The Balaban J connectivity index is 1.66. The molecule has 0 radical (unpaired) electrons. The highest BCUT2D eigenvalue weighted by molar-refractivity contribution is 6.31. The zero-order chi connectivity index (χ0) is 23.7. The second-order valence-electron chi connectivity index (χ2n) is 7.34. The van der Waals surface area contributed by atoms with Gasteiger partial charge in [0, 0.05) is 23.4 Å². The van der Waals surface area contributed by atoms with Crippen LogP contribution in [0.15, 0.2) is 53.6 Å². The summed E-state index contributed by atoms with van der Waals surface area (Å²) < 4.78 is 35.3. The summed E-state index contributed by atoms with van der Waals surface area (Å²) in [5, 5.41) is 2.62. The molecule has 2 heterocycles. The zero-order valence-corrected chi connectivity index (χ0v) is 18.5. The van der Waals surface area contributed by atoms with Gasteiger partial charge in [-0.25, -0.2) is 13.8 Å². The molecule has 33 heavy (non-hydrogen) atoms. The zero-order valence-electron chi connectivity index (χ0n) is 17.7. The third-order valence-corrected chi connectivity index (χ3v) is 5.43. The van der Waals surface area contributed by atoms with Crippen molar-refractivity contribution in [3.05, 3.63) is 87.1 Å². The van der Waals surface area contributed by atoms with E-state index in [1.54, 1.807) is 38.2 Å². The van der Waals surface area contributed by atoms with Crippen molar-refractivity contribution in [1.29, 1.82) is 0 Å².